The first-order chi connectivity index (χ1) is 12.3. The van der Waals surface area contributed by atoms with E-state index in [9.17, 15) is 4.79 Å². The van der Waals surface area contributed by atoms with Gasteiger partial charge < -0.3 is 9.16 Å². The fraction of sp³-hybridized carbons (Fsp3) is 0.667. The Balaban J connectivity index is 2.15. The van der Waals surface area contributed by atoms with Crippen LogP contribution >= 0.6 is 0 Å². The van der Waals surface area contributed by atoms with Crippen molar-refractivity contribution in [2.24, 2.45) is 0 Å². The van der Waals surface area contributed by atoms with Gasteiger partial charge in [0.2, 0.25) is 0 Å². The molecule has 1 amide bonds. The number of nitrogens with zero attached hydrogens (tertiary/aromatic N) is 1. The highest BCUT2D eigenvalue weighted by Gasteiger charge is 2.42. The van der Waals surface area contributed by atoms with E-state index in [0.717, 1.165) is 0 Å². The van der Waals surface area contributed by atoms with Crippen LogP contribution in [0.5, 0.6) is 0 Å². The minimum Gasteiger partial charge on any atom is -0.443 e. The maximum atomic E-state index is 12.6. The maximum absolute atomic E-state index is 12.6. The molecule has 0 aromatic heterocycles. The summed E-state index contributed by atoms with van der Waals surface area (Å²) in [4.78, 5) is 12.6. The van der Waals surface area contributed by atoms with E-state index >= 15 is 0 Å². The predicted molar refractivity (Wildman–Crippen MR) is 112 cm³/mol. The lowest BCUT2D eigenvalue weighted by atomic mass is 9.94. The molecule has 1 fully saturated rings. The summed E-state index contributed by atoms with van der Waals surface area (Å²) < 4.78 is 12.0. The second kappa shape index (κ2) is 7.93. The van der Waals surface area contributed by atoms with Crippen LogP contribution in [0.4, 0.5) is 4.79 Å². The van der Waals surface area contributed by atoms with Crippen LogP contribution in [-0.2, 0) is 9.16 Å². The van der Waals surface area contributed by atoms with Crippen molar-refractivity contribution in [1.82, 2.24) is 10.4 Å². The smallest absolute Gasteiger partial charge is 0.424 e. The van der Waals surface area contributed by atoms with Crippen LogP contribution in [-0.4, -0.2) is 44.2 Å². The Kier molecular flexibility index (Phi) is 6.44. The van der Waals surface area contributed by atoms with Gasteiger partial charge in [-0.3, -0.25) is 0 Å². The van der Waals surface area contributed by atoms with Gasteiger partial charge >= 0.3 is 6.09 Å². The molecule has 1 aliphatic rings. The van der Waals surface area contributed by atoms with Gasteiger partial charge in [-0.25, -0.2) is 15.2 Å². The lowest BCUT2D eigenvalue weighted by molar-refractivity contribution is 0.0189. The zero-order chi connectivity index (χ0) is 20.5. The van der Waals surface area contributed by atoms with Crippen LogP contribution in [0.15, 0.2) is 30.3 Å². The molecular formula is C21H36N2O3Si. The molecule has 1 heterocycles. The Morgan fingerprint density at radius 2 is 1.74 bits per heavy atom. The molecule has 0 unspecified atom stereocenters. The number of hydrazine groups is 1. The number of hydrogen-bond donors (Lipinski definition) is 1. The fourth-order valence-electron chi connectivity index (χ4n) is 2.82. The van der Waals surface area contributed by atoms with Gasteiger partial charge in [-0.05, 0) is 44.5 Å². The summed E-state index contributed by atoms with van der Waals surface area (Å²) >= 11 is 0. The number of carbonyl (C=O) groups is 1. The molecule has 152 valence electrons. The van der Waals surface area contributed by atoms with Gasteiger partial charge in [0.25, 0.3) is 0 Å². The van der Waals surface area contributed by atoms with Crippen LogP contribution in [0.1, 0.15) is 53.0 Å². The van der Waals surface area contributed by atoms with Gasteiger partial charge in [-0.2, -0.15) is 0 Å². The van der Waals surface area contributed by atoms with Crippen molar-refractivity contribution >= 4 is 14.4 Å². The molecule has 0 radical (unpaired) electrons. The molecular weight excluding hydrogens is 356 g/mol. The van der Waals surface area contributed by atoms with E-state index in [0.29, 0.717) is 13.2 Å². The van der Waals surface area contributed by atoms with Gasteiger partial charge in [0.15, 0.2) is 8.32 Å². The average molecular weight is 393 g/mol. The summed E-state index contributed by atoms with van der Waals surface area (Å²) in [6.45, 7) is 18.0. The molecule has 6 heteroatoms. The zero-order valence-corrected chi connectivity index (χ0v) is 19.1. The first-order valence-electron chi connectivity index (χ1n) is 9.76. The number of carbonyl (C=O) groups excluding carboxylic acids is 1. The molecule has 2 rings (SSSR count). The molecule has 1 aromatic rings. The highest BCUT2D eigenvalue weighted by molar-refractivity contribution is 6.74. The summed E-state index contributed by atoms with van der Waals surface area (Å²) in [6, 6.07) is 10.4. The van der Waals surface area contributed by atoms with Crippen molar-refractivity contribution in [2.75, 3.05) is 13.2 Å². The maximum Gasteiger partial charge on any atom is 0.424 e. The van der Waals surface area contributed by atoms with E-state index < -0.39 is 13.9 Å². The minimum atomic E-state index is -1.87. The number of nitrogens with one attached hydrogen (secondary N) is 1. The second-order valence-corrected chi connectivity index (χ2v) is 14.7. The predicted octanol–water partition coefficient (Wildman–Crippen LogP) is 4.92. The molecule has 0 bridgehead atoms. The highest BCUT2D eigenvalue weighted by atomic mass is 28.4. The van der Waals surface area contributed by atoms with Gasteiger partial charge in [-0.15, -0.1) is 0 Å². The highest BCUT2D eigenvalue weighted by Crippen LogP contribution is 2.37. The Hall–Kier alpha value is -1.37. The lowest BCUT2D eigenvalue weighted by Gasteiger charge is -2.37. The van der Waals surface area contributed by atoms with Crippen molar-refractivity contribution in [3.05, 3.63) is 35.9 Å². The van der Waals surface area contributed by atoms with Crippen LogP contribution in [0.3, 0.4) is 0 Å². The number of benzene rings is 1. The second-order valence-electron chi connectivity index (χ2n) is 9.92. The van der Waals surface area contributed by atoms with Crippen LogP contribution in [0, 0.1) is 0 Å². The summed E-state index contributed by atoms with van der Waals surface area (Å²) in [7, 11) is -1.87. The third-order valence-electron chi connectivity index (χ3n) is 5.46. The third kappa shape index (κ3) is 5.80. The molecule has 27 heavy (non-hydrogen) atoms. The lowest BCUT2D eigenvalue weighted by Crippen LogP contribution is -2.47. The van der Waals surface area contributed by atoms with E-state index in [1.165, 1.54) is 5.56 Å². The first kappa shape index (κ1) is 21.9. The van der Waals surface area contributed by atoms with E-state index in [4.69, 9.17) is 9.16 Å². The molecule has 0 saturated carbocycles. The van der Waals surface area contributed by atoms with E-state index in [-0.39, 0.29) is 23.1 Å². The topological polar surface area (TPSA) is 50.8 Å². The molecule has 2 atom stereocenters. The van der Waals surface area contributed by atoms with Crippen LogP contribution < -0.4 is 5.43 Å². The van der Waals surface area contributed by atoms with Crippen molar-refractivity contribution in [1.29, 1.82) is 0 Å². The van der Waals surface area contributed by atoms with Gasteiger partial charge in [0, 0.05) is 12.5 Å². The average Bonchev–Trinajstić information content (AvgIpc) is 2.95. The normalized spacial score (nSPS) is 21.4. The SMILES string of the molecule is CC(C)(C)OC(=O)N1C[C@H](c2ccccc2)[C@H](CO[Si](C)(C)C(C)(C)C)N1. The van der Waals surface area contributed by atoms with E-state index in [1.807, 2.05) is 39.0 Å². The first-order valence-corrected chi connectivity index (χ1v) is 12.7. The fourth-order valence-corrected chi connectivity index (χ4v) is 3.85. The Bertz CT molecular complexity index is 635. The van der Waals surface area contributed by atoms with E-state index in [2.05, 4.69) is 51.4 Å². The van der Waals surface area contributed by atoms with E-state index in [1.54, 1.807) is 5.01 Å². The standard InChI is InChI=1S/C21H36N2O3Si/c1-20(2,3)26-19(24)23-14-17(16-12-10-9-11-13-16)18(22-23)15-25-27(7,8)21(4,5)6/h9-13,17-18,22H,14-15H2,1-8H3/t17-,18+/m1/s1. The molecule has 0 spiro atoms. The largest absolute Gasteiger partial charge is 0.443 e. The van der Waals surface area contributed by atoms with Gasteiger partial charge in [0.1, 0.15) is 5.60 Å². The Morgan fingerprint density at radius 3 is 2.26 bits per heavy atom. The summed E-state index contributed by atoms with van der Waals surface area (Å²) in [5.41, 5.74) is 4.03. The number of amides is 1. The number of rotatable bonds is 4. The molecule has 1 aliphatic heterocycles. The zero-order valence-electron chi connectivity index (χ0n) is 18.1. The van der Waals surface area contributed by atoms with Gasteiger partial charge in [-0.1, -0.05) is 51.1 Å². The summed E-state index contributed by atoms with van der Waals surface area (Å²) in [5, 5.41) is 1.75. The summed E-state index contributed by atoms with van der Waals surface area (Å²) in [5.74, 6) is 0.170. The summed E-state index contributed by atoms with van der Waals surface area (Å²) in [6.07, 6.45) is -0.335. The third-order valence-corrected chi connectivity index (χ3v) is 9.96. The Labute approximate surface area is 165 Å². The van der Waals surface area contributed by atoms with Crippen LogP contribution in [0.2, 0.25) is 18.1 Å². The Morgan fingerprint density at radius 1 is 1.15 bits per heavy atom. The molecule has 1 N–H and O–H groups in total. The van der Waals surface area contributed by atoms with Gasteiger partial charge in [0.05, 0.1) is 12.6 Å². The van der Waals surface area contributed by atoms with Crippen molar-refractivity contribution in [3.8, 4) is 0 Å². The van der Waals surface area contributed by atoms with Crippen molar-refractivity contribution < 1.29 is 14.0 Å². The quantitative estimate of drug-likeness (QED) is 0.739. The van der Waals surface area contributed by atoms with Crippen LogP contribution in [0.25, 0.3) is 0 Å². The molecule has 1 aromatic carbocycles. The molecule has 1 saturated heterocycles. The number of ether oxygens (including phenoxy) is 1. The van der Waals surface area contributed by atoms with Crippen molar-refractivity contribution in [3.63, 3.8) is 0 Å². The minimum absolute atomic E-state index is 0.0362. The molecule has 0 aliphatic carbocycles. The monoisotopic (exact) mass is 392 g/mol. The van der Waals surface area contributed by atoms with Crippen molar-refractivity contribution in [2.45, 2.75) is 77.2 Å². The number of hydrogen-bond acceptors (Lipinski definition) is 4. The molecule has 5 nitrogen and oxygen atoms in total.